The highest BCUT2D eigenvalue weighted by Crippen LogP contribution is 2.14. The lowest BCUT2D eigenvalue weighted by molar-refractivity contribution is 0.0944. The van der Waals surface area contributed by atoms with E-state index in [0.717, 1.165) is 22.7 Å². The highest BCUT2D eigenvalue weighted by atomic mass is 32.1. The lowest BCUT2D eigenvalue weighted by Crippen LogP contribution is -2.25. The standard InChI is InChI=1S/C14H13N3O2S/c1-10(16-14(19)13-9-15-17-20-13)12-6-4-11(5-7-12)3-2-8-18/h4-7,9-10,18H,8H2,1H3,(H,16,19). The summed E-state index contributed by atoms with van der Waals surface area (Å²) in [6, 6.07) is 7.39. The zero-order valence-electron chi connectivity index (χ0n) is 10.8. The van der Waals surface area contributed by atoms with E-state index in [4.69, 9.17) is 5.11 Å². The van der Waals surface area contributed by atoms with Crippen LogP contribution in [0, 0.1) is 11.8 Å². The molecule has 0 fully saturated rings. The van der Waals surface area contributed by atoms with E-state index in [1.165, 1.54) is 6.20 Å². The fourth-order valence-electron chi connectivity index (χ4n) is 1.62. The first-order chi connectivity index (χ1) is 9.70. The summed E-state index contributed by atoms with van der Waals surface area (Å²) in [5, 5.41) is 15.1. The van der Waals surface area contributed by atoms with Gasteiger partial charge in [-0.2, -0.15) is 0 Å². The van der Waals surface area contributed by atoms with E-state index in [1.807, 2.05) is 31.2 Å². The van der Waals surface area contributed by atoms with Crippen molar-refractivity contribution in [3.63, 3.8) is 0 Å². The van der Waals surface area contributed by atoms with Crippen LogP contribution in [0.15, 0.2) is 30.5 Å². The maximum absolute atomic E-state index is 11.9. The van der Waals surface area contributed by atoms with Gasteiger partial charge < -0.3 is 10.4 Å². The Morgan fingerprint density at radius 2 is 2.20 bits per heavy atom. The molecule has 0 spiro atoms. The smallest absolute Gasteiger partial charge is 0.265 e. The number of hydrogen-bond donors (Lipinski definition) is 2. The first kappa shape index (κ1) is 14.2. The van der Waals surface area contributed by atoms with Crippen molar-refractivity contribution in [2.24, 2.45) is 0 Å². The second-order valence-electron chi connectivity index (χ2n) is 4.06. The molecule has 20 heavy (non-hydrogen) atoms. The van der Waals surface area contributed by atoms with Crippen LogP contribution in [0.4, 0.5) is 0 Å². The van der Waals surface area contributed by atoms with E-state index in [-0.39, 0.29) is 18.6 Å². The van der Waals surface area contributed by atoms with Crippen molar-refractivity contribution < 1.29 is 9.90 Å². The van der Waals surface area contributed by atoms with Crippen molar-refractivity contribution in [1.29, 1.82) is 0 Å². The van der Waals surface area contributed by atoms with Gasteiger partial charge in [-0.3, -0.25) is 4.79 Å². The molecule has 1 amide bonds. The van der Waals surface area contributed by atoms with E-state index < -0.39 is 0 Å². The Labute approximate surface area is 120 Å². The van der Waals surface area contributed by atoms with Crippen molar-refractivity contribution in [3.8, 4) is 11.8 Å². The van der Waals surface area contributed by atoms with Crippen LogP contribution in [0.5, 0.6) is 0 Å². The predicted molar refractivity (Wildman–Crippen MR) is 76.2 cm³/mol. The molecule has 0 aliphatic carbocycles. The summed E-state index contributed by atoms with van der Waals surface area (Å²) in [6.45, 7) is 1.75. The minimum Gasteiger partial charge on any atom is -0.384 e. The van der Waals surface area contributed by atoms with E-state index in [0.29, 0.717) is 4.88 Å². The molecule has 1 unspecified atom stereocenters. The van der Waals surface area contributed by atoms with Crippen molar-refractivity contribution in [1.82, 2.24) is 14.9 Å². The molecular formula is C14H13N3O2S. The number of amides is 1. The summed E-state index contributed by atoms with van der Waals surface area (Å²) in [4.78, 5) is 12.4. The molecule has 0 aliphatic heterocycles. The first-order valence-corrected chi connectivity index (χ1v) is 6.76. The highest BCUT2D eigenvalue weighted by molar-refractivity contribution is 7.07. The molecule has 1 aromatic heterocycles. The van der Waals surface area contributed by atoms with Gasteiger partial charge in [0.1, 0.15) is 11.5 Å². The highest BCUT2D eigenvalue weighted by Gasteiger charge is 2.13. The number of nitrogens with one attached hydrogen (secondary N) is 1. The van der Waals surface area contributed by atoms with Crippen LogP contribution in [0.2, 0.25) is 0 Å². The molecule has 0 saturated carbocycles. The predicted octanol–water partition coefficient (Wildman–Crippen LogP) is 1.37. The Morgan fingerprint density at radius 3 is 2.80 bits per heavy atom. The Balaban J connectivity index is 2.02. The molecule has 2 N–H and O–H groups in total. The van der Waals surface area contributed by atoms with Crippen LogP contribution in [0.3, 0.4) is 0 Å². The van der Waals surface area contributed by atoms with E-state index >= 15 is 0 Å². The maximum atomic E-state index is 11.9. The van der Waals surface area contributed by atoms with Crippen molar-refractivity contribution >= 4 is 17.4 Å². The molecular weight excluding hydrogens is 274 g/mol. The van der Waals surface area contributed by atoms with Gasteiger partial charge in [-0.05, 0) is 36.2 Å². The molecule has 102 valence electrons. The van der Waals surface area contributed by atoms with Gasteiger partial charge in [-0.1, -0.05) is 28.5 Å². The summed E-state index contributed by atoms with van der Waals surface area (Å²) < 4.78 is 3.66. The zero-order chi connectivity index (χ0) is 14.4. The zero-order valence-corrected chi connectivity index (χ0v) is 11.6. The monoisotopic (exact) mass is 287 g/mol. The van der Waals surface area contributed by atoms with Crippen molar-refractivity contribution in [3.05, 3.63) is 46.5 Å². The molecule has 5 nitrogen and oxygen atoms in total. The number of aromatic nitrogens is 2. The molecule has 6 heteroatoms. The molecule has 1 aromatic carbocycles. The van der Waals surface area contributed by atoms with Crippen LogP contribution in [-0.2, 0) is 0 Å². The number of nitrogens with zero attached hydrogens (tertiary/aromatic N) is 2. The first-order valence-electron chi connectivity index (χ1n) is 5.98. The topological polar surface area (TPSA) is 75.1 Å². The molecule has 2 rings (SSSR count). The van der Waals surface area contributed by atoms with Crippen LogP contribution < -0.4 is 5.32 Å². The summed E-state index contributed by atoms with van der Waals surface area (Å²) in [7, 11) is 0. The third kappa shape index (κ3) is 3.63. The van der Waals surface area contributed by atoms with Gasteiger partial charge in [0.2, 0.25) is 0 Å². The third-order valence-electron chi connectivity index (χ3n) is 2.66. The molecule has 0 saturated heterocycles. The lowest BCUT2D eigenvalue weighted by atomic mass is 10.1. The number of benzene rings is 1. The normalized spacial score (nSPS) is 11.3. The summed E-state index contributed by atoms with van der Waals surface area (Å²) >= 11 is 1.06. The SMILES string of the molecule is CC(NC(=O)c1cnns1)c1ccc(C#CCO)cc1. The molecule has 2 aromatic rings. The number of aliphatic hydroxyl groups is 1. The molecule has 0 bridgehead atoms. The molecule has 0 radical (unpaired) electrons. The van der Waals surface area contributed by atoms with Gasteiger partial charge in [-0.25, -0.2) is 0 Å². The quantitative estimate of drug-likeness (QED) is 0.836. The number of hydrogen-bond acceptors (Lipinski definition) is 5. The lowest BCUT2D eigenvalue weighted by Gasteiger charge is -2.13. The van der Waals surface area contributed by atoms with E-state index in [1.54, 1.807) is 0 Å². The number of rotatable bonds is 3. The summed E-state index contributed by atoms with van der Waals surface area (Å²) in [5.41, 5.74) is 1.80. The fourth-order valence-corrected chi connectivity index (χ4v) is 2.03. The van der Waals surface area contributed by atoms with E-state index in [2.05, 4.69) is 26.7 Å². The molecule has 1 heterocycles. The maximum Gasteiger partial charge on any atom is 0.265 e. The second-order valence-corrected chi connectivity index (χ2v) is 4.84. The minimum atomic E-state index is -0.184. The Bertz CT molecular complexity index is 627. The average molecular weight is 287 g/mol. The van der Waals surface area contributed by atoms with Crippen molar-refractivity contribution in [2.75, 3.05) is 6.61 Å². The van der Waals surface area contributed by atoms with Gasteiger partial charge in [0.15, 0.2) is 0 Å². The van der Waals surface area contributed by atoms with Crippen LogP contribution in [0.1, 0.15) is 33.8 Å². The Kier molecular flexibility index (Phi) is 4.82. The Hall–Kier alpha value is -2.23. The number of carbonyl (C=O) groups excluding carboxylic acids is 1. The van der Waals surface area contributed by atoms with Crippen LogP contribution in [-0.4, -0.2) is 27.2 Å². The minimum absolute atomic E-state index is 0.121. The van der Waals surface area contributed by atoms with Crippen LogP contribution in [0.25, 0.3) is 0 Å². The van der Waals surface area contributed by atoms with Gasteiger partial charge in [-0.15, -0.1) is 5.10 Å². The van der Waals surface area contributed by atoms with E-state index in [9.17, 15) is 4.79 Å². The summed E-state index contributed by atoms with van der Waals surface area (Å²) in [6.07, 6.45) is 1.44. The average Bonchev–Trinajstić information content (AvgIpc) is 3.00. The van der Waals surface area contributed by atoms with Crippen molar-refractivity contribution in [2.45, 2.75) is 13.0 Å². The van der Waals surface area contributed by atoms with Gasteiger partial charge in [0.25, 0.3) is 5.91 Å². The van der Waals surface area contributed by atoms with Gasteiger partial charge in [0.05, 0.1) is 12.2 Å². The number of aliphatic hydroxyl groups excluding tert-OH is 1. The third-order valence-corrected chi connectivity index (χ3v) is 3.32. The van der Waals surface area contributed by atoms with Crippen LogP contribution >= 0.6 is 11.5 Å². The largest absolute Gasteiger partial charge is 0.384 e. The summed E-state index contributed by atoms with van der Waals surface area (Å²) in [5.74, 6) is 5.23. The molecule has 0 aliphatic rings. The molecule has 1 atom stereocenters. The Morgan fingerprint density at radius 1 is 1.45 bits per heavy atom. The van der Waals surface area contributed by atoms with Gasteiger partial charge >= 0.3 is 0 Å². The second kappa shape index (κ2) is 6.80. The van der Waals surface area contributed by atoms with Gasteiger partial charge in [0, 0.05) is 5.56 Å². The number of carbonyl (C=O) groups is 1. The fraction of sp³-hybridized carbons (Fsp3) is 0.214.